The molecule has 0 saturated heterocycles. The van der Waals surface area contributed by atoms with Gasteiger partial charge in [0.15, 0.2) is 5.78 Å². The van der Waals surface area contributed by atoms with E-state index in [9.17, 15) is 9.90 Å². The second-order valence-corrected chi connectivity index (χ2v) is 7.08. The van der Waals surface area contributed by atoms with E-state index in [0.29, 0.717) is 48.2 Å². The van der Waals surface area contributed by atoms with Crippen molar-refractivity contribution in [1.29, 1.82) is 0 Å². The highest BCUT2D eigenvalue weighted by atomic mass is 16.5. The highest BCUT2D eigenvalue weighted by molar-refractivity contribution is 6.08. The van der Waals surface area contributed by atoms with Crippen LogP contribution in [0.4, 0.5) is 0 Å². The van der Waals surface area contributed by atoms with Crippen LogP contribution in [0.3, 0.4) is 0 Å². The zero-order valence-corrected chi connectivity index (χ0v) is 19.0. The average molecular weight is 449 g/mol. The van der Waals surface area contributed by atoms with E-state index in [2.05, 4.69) is 0 Å². The van der Waals surface area contributed by atoms with Crippen LogP contribution >= 0.6 is 0 Å². The van der Waals surface area contributed by atoms with Crippen molar-refractivity contribution >= 4 is 11.9 Å². The number of carbonyl (C=O) groups is 1. The molecule has 0 bridgehead atoms. The summed E-state index contributed by atoms with van der Waals surface area (Å²) >= 11 is 0. The Morgan fingerprint density at radius 3 is 2.27 bits per heavy atom. The Kier molecular flexibility index (Phi) is 8.36. The third-order valence-electron chi connectivity index (χ3n) is 4.79. The van der Waals surface area contributed by atoms with Crippen LogP contribution in [0.5, 0.6) is 28.7 Å². The molecule has 0 fully saturated rings. The summed E-state index contributed by atoms with van der Waals surface area (Å²) in [4.78, 5) is 12.9. The topological polar surface area (TPSA) is 74.2 Å². The van der Waals surface area contributed by atoms with Crippen molar-refractivity contribution in [2.45, 2.75) is 20.5 Å². The molecule has 0 atom stereocenters. The molecular weight excluding hydrogens is 420 g/mol. The van der Waals surface area contributed by atoms with Gasteiger partial charge in [0.2, 0.25) is 0 Å². The molecule has 0 aliphatic heterocycles. The summed E-state index contributed by atoms with van der Waals surface area (Å²) in [5.41, 5.74) is 2.05. The number of benzene rings is 3. The lowest BCUT2D eigenvalue weighted by Gasteiger charge is -2.11. The number of methoxy groups -OCH3 is 1. The smallest absolute Gasteiger partial charge is 0.189 e. The number of carbonyl (C=O) groups excluding carboxylic acids is 1. The van der Waals surface area contributed by atoms with Crippen molar-refractivity contribution in [2.24, 2.45) is 0 Å². The standard InChI is InChI=1S/C27H28O6/c1-4-31-23-13-14-24(27(17-23)32-5-2)25(29)15-9-20-8-10-21(28)16-26(20)33-18-19-6-11-22(30-3)12-7-19/h6-17,28H,4-5,18H2,1-3H3. The van der Waals surface area contributed by atoms with E-state index in [0.717, 1.165) is 11.3 Å². The lowest BCUT2D eigenvalue weighted by atomic mass is 10.1. The van der Waals surface area contributed by atoms with Crippen molar-refractivity contribution in [3.8, 4) is 28.7 Å². The van der Waals surface area contributed by atoms with E-state index in [1.807, 2.05) is 38.1 Å². The molecule has 0 radical (unpaired) electrons. The minimum atomic E-state index is -0.212. The Morgan fingerprint density at radius 1 is 0.848 bits per heavy atom. The molecule has 6 nitrogen and oxygen atoms in total. The Bertz CT molecular complexity index is 1100. The molecule has 0 heterocycles. The molecule has 0 unspecified atom stereocenters. The van der Waals surface area contributed by atoms with Crippen LogP contribution in [0, 0.1) is 0 Å². The first-order valence-electron chi connectivity index (χ1n) is 10.7. The fourth-order valence-corrected chi connectivity index (χ4v) is 3.16. The van der Waals surface area contributed by atoms with E-state index in [1.54, 1.807) is 43.5 Å². The maximum atomic E-state index is 12.9. The van der Waals surface area contributed by atoms with Gasteiger partial charge in [0, 0.05) is 17.7 Å². The summed E-state index contributed by atoms with van der Waals surface area (Å²) in [6.07, 6.45) is 3.13. The fourth-order valence-electron chi connectivity index (χ4n) is 3.16. The van der Waals surface area contributed by atoms with Crippen molar-refractivity contribution in [2.75, 3.05) is 20.3 Å². The predicted molar refractivity (Wildman–Crippen MR) is 128 cm³/mol. The van der Waals surface area contributed by atoms with Gasteiger partial charge in [-0.05, 0) is 68.0 Å². The highest BCUT2D eigenvalue weighted by Gasteiger charge is 2.12. The maximum Gasteiger partial charge on any atom is 0.189 e. The average Bonchev–Trinajstić information content (AvgIpc) is 2.83. The minimum absolute atomic E-state index is 0.0772. The van der Waals surface area contributed by atoms with Gasteiger partial charge in [-0.2, -0.15) is 0 Å². The number of allylic oxidation sites excluding steroid dienone is 1. The summed E-state index contributed by atoms with van der Waals surface area (Å²) < 4.78 is 22.2. The quantitative estimate of drug-likeness (QED) is 0.301. The number of rotatable bonds is 11. The lowest BCUT2D eigenvalue weighted by molar-refractivity contribution is 0.104. The number of ketones is 1. The highest BCUT2D eigenvalue weighted by Crippen LogP contribution is 2.29. The maximum absolute atomic E-state index is 12.9. The number of ether oxygens (including phenoxy) is 4. The molecule has 0 aliphatic rings. The second-order valence-electron chi connectivity index (χ2n) is 7.08. The van der Waals surface area contributed by atoms with Crippen LogP contribution in [0.25, 0.3) is 6.08 Å². The second kappa shape index (κ2) is 11.6. The Balaban J connectivity index is 1.78. The molecule has 3 aromatic carbocycles. The Morgan fingerprint density at radius 2 is 1.58 bits per heavy atom. The Hall–Kier alpha value is -3.93. The van der Waals surface area contributed by atoms with Crippen LogP contribution in [0.2, 0.25) is 0 Å². The van der Waals surface area contributed by atoms with Crippen LogP contribution in [0.1, 0.15) is 35.3 Å². The summed E-state index contributed by atoms with van der Waals surface area (Å²) in [6, 6.07) is 17.5. The number of hydrogen-bond acceptors (Lipinski definition) is 6. The fraction of sp³-hybridized carbons (Fsp3) is 0.222. The minimum Gasteiger partial charge on any atom is -0.508 e. The normalized spacial score (nSPS) is 10.8. The van der Waals surface area contributed by atoms with E-state index >= 15 is 0 Å². The number of aromatic hydroxyl groups is 1. The summed E-state index contributed by atoms with van der Waals surface area (Å²) in [7, 11) is 1.61. The summed E-state index contributed by atoms with van der Waals surface area (Å²) in [6.45, 7) is 5.02. The van der Waals surface area contributed by atoms with Gasteiger partial charge in [-0.3, -0.25) is 4.79 Å². The zero-order valence-electron chi connectivity index (χ0n) is 19.0. The van der Waals surface area contributed by atoms with Crippen molar-refractivity contribution in [1.82, 2.24) is 0 Å². The molecule has 0 aliphatic carbocycles. The first-order valence-corrected chi connectivity index (χ1v) is 10.7. The summed E-state index contributed by atoms with van der Waals surface area (Å²) in [5, 5.41) is 9.91. The largest absolute Gasteiger partial charge is 0.508 e. The predicted octanol–water partition coefficient (Wildman–Crippen LogP) is 5.67. The van der Waals surface area contributed by atoms with E-state index < -0.39 is 0 Å². The molecule has 0 spiro atoms. The molecule has 3 rings (SSSR count). The number of phenols is 1. The van der Waals surface area contributed by atoms with Gasteiger partial charge in [-0.25, -0.2) is 0 Å². The summed E-state index contributed by atoms with van der Waals surface area (Å²) in [5.74, 6) is 2.21. The molecule has 1 N–H and O–H groups in total. The molecule has 33 heavy (non-hydrogen) atoms. The first-order chi connectivity index (χ1) is 16.0. The van der Waals surface area contributed by atoms with Crippen LogP contribution in [0.15, 0.2) is 66.7 Å². The van der Waals surface area contributed by atoms with Crippen molar-refractivity contribution in [3.05, 3.63) is 83.4 Å². The molecule has 172 valence electrons. The van der Waals surface area contributed by atoms with Gasteiger partial charge in [0.1, 0.15) is 35.4 Å². The van der Waals surface area contributed by atoms with Gasteiger partial charge in [-0.15, -0.1) is 0 Å². The van der Waals surface area contributed by atoms with Crippen molar-refractivity contribution in [3.63, 3.8) is 0 Å². The third-order valence-corrected chi connectivity index (χ3v) is 4.79. The molecule has 0 amide bonds. The Labute approximate surface area is 194 Å². The molecule has 3 aromatic rings. The van der Waals surface area contributed by atoms with Gasteiger partial charge in [0.25, 0.3) is 0 Å². The van der Waals surface area contributed by atoms with E-state index in [-0.39, 0.29) is 11.5 Å². The zero-order chi connectivity index (χ0) is 23.6. The van der Waals surface area contributed by atoms with Gasteiger partial charge < -0.3 is 24.1 Å². The first kappa shape index (κ1) is 23.7. The number of phenolic OH excluding ortho intramolecular Hbond substituents is 1. The van der Waals surface area contributed by atoms with Gasteiger partial charge in [0.05, 0.1) is 25.9 Å². The van der Waals surface area contributed by atoms with Crippen molar-refractivity contribution < 1.29 is 28.8 Å². The molecule has 6 heteroatoms. The SMILES string of the molecule is CCOc1ccc(C(=O)C=Cc2ccc(O)cc2OCc2ccc(OC)cc2)c(OCC)c1. The van der Waals surface area contributed by atoms with Crippen LogP contribution < -0.4 is 18.9 Å². The molecule has 0 aromatic heterocycles. The monoisotopic (exact) mass is 448 g/mol. The van der Waals surface area contributed by atoms with E-state index in [1.165, 1.54) is 12.1 Å². The molecule has 0 saturated carbocycles. The van der Waals surface area contributed by atoms with Crippen LogP contribution in [-0.2, 0) is 6.61 Å². The van der Waals surface area contributed by atoms with Gasteiger partial charge in [-0.1, -0.05) is 12.1 Å². The molecular formula is C27H28O6. The van der Waals surface area contributed by atoms with E-state index in [4.69, 9.17) is 18.9 Å². The van der Waals surface area contributed by atoms with Gasteiger partial charge >= 0.3 is 0 Å². The van der Waals surface area contributed by atoms with Crippen LogP contribution in [-0.4, -0.2) is 31.2 Å². The lowest BCUT2D eigenvalue weighted by Crippen LogP contribution is -2.03. The third kappa shape index (κ3) is 6.53. The number of hydrogen-bond donors (Lipinski definition) is 1.